The van der Waals surface area contributed by atoms with Gasteiger partial charge >= 0.3 is 0 Å². The Hall–Kier alpha value is -0.260. The van der Waals surface area contributed by atoms with E-state index < -0.39 is 0 Å². The standard InChI is InChI=1S/C8H9PS/c10-9-7-6-8-4-2-1-3-5-8/h1-5H,6-7H2. The normalized spacial score (nSPS) is 10.0. The van der Waals surface area contributed by atoms with Crippen molar-refractivity contribution in [3.63, 3.8) is 0 Å². The van der Waals surface area contributed by atoms with E-state index in [1.165, 1.54) is 5.56 Å². The number of hydrogen-bond donors (Lipinski definition) is 0. The van der Waals surface area contributed by atoms with E-state index in [1.54, 1.807) is 0 Å². The van der Waals surface area contributed by atoms with Crippen LogP contribution < -0.4 is 0 Å². The van der Waals surface area contributed by atoms with Crippen LogP contribution in [0.25, 0.3) is 0 Å². The van der Waals surface area contributed by atoms with Crippen LogP contribution in [0.2, 0.25) is 0 Å². The van der Waals surface area contributed by atoms with Crippen LogP contribution in [-0.2, 0) is 18.2 Å². The molecule has 0 aliphatic heterocycles. The highest BCUT2D eigenvalue weighted by molar-refractivity contribution is 7.96. The molecular weight excluding hydrogens is 159 g/mol. The maximum absolute atomic E-state index is 4.82. The fraction of sp³-hybridized carbons (Fsp3) is 0.250. The maximum atomic E-state index is 4.82. The van der Waals surface area contributed by atoms with Crippen molar-refractivity contribution in [2.75, 3.05) is 6.16 Å². The van der Waals surface area contributed by atoms with E-state index in [2.05, 4.69) is 24.3 Å². The summed E-state index contributed by atoms with van der Waals surface area (Å²) in [5.41, 5.74) is 1.39. The maximum Gasteiger partial charge on any atom is 0.00390 e. The zero-order valence-corrected chi connectivity index (χ0v) is 7.37. The zero-order valence-electron chi connectivity index (χ0n) is 5.66. The molecule has 0 unspecified atom stereocenters. The largest absolute Gasteiger partial charge is 0.0622 e. The summed E-state index contributed by atoms with van der Waals surface area (Å²) in [6, 6.07) is 10.4. The van der Waals surface area contributed by atoms with Gasteiger partial charge in [-0.15, -0.1) is 0 Å². The Bertz CT molecular complexity index is 196. The van der Waals surface area contributed by atoms with Crippen LogP contribution in [0.5, 0.6) is 0 Å². The molecule has 1 aromatic rings. The molecule has 0 fully saturated rings. The lowest BCUT2D eigenvalue weighted by atomic mass is 10.2. The van der Waals surface area contributed by atoms with E-state index in [9.17, 15) is 0 Å². The highest BCUT2D eigenvalue weighted by Crippen LogP contribution is 2.03. The topological polar surface area (TPSA) is 0 Å². The van der Waals surface area contributed by atoms with Gasteiger partial charge in [-0.25, -0.2) is 0 Å². The first-order chi connectivity index (χ1) is 4.93. The van der Waals surface area contributed by atoms with E-state index in [1.807, 2.05) is 6.07 Å². The third-order valence-electron chi connectivity index (χ3n) is 1.33. The highest BCUT2D eigenvalue weighted by Gasteiger charge is 1.86. The molecule has 0 bridgehead atoms. The molecule has 1 rings (SSSR count). The molecule has 0 nitrogen and oxygen atoms in total. The van der Waals surface area contributed by atoms with Crippen molar-refractivity contribution in [1.82, 2.24) is 0 Å². The Labute approximate surface area is 68.1 Å². The monoisotopic (exact) mass is 168 g/mol. The van der Waals surface area contributed by atoms with E-state index in [-0.39, 0.29) is 0 Å². The average molecular weight is 168 g/mol. The van der Waals surface area contributed by atoms with Gasteiger partial charge in [0, 0.05) is 6.16 Å². The first-order valence-corrected chi connectivity index (χ1v) is 5.36. The second-order valence-corrected chi connectivity index (χ2v) is 3.57. The van der Waals surface area contributed by atoms with Crippen molar-refractivity contribution in [1.29, 1.82) is 0 Å². The molecule has 0 amide bonds. The Balaban J connectivity index is 2.50. The van der Waals surface area contributed by atoms with Gasteiger partial charge in [-0.3, -0.25) is 0 Å². The van der Waals surface area contributed by atoms with Crippen molar-refractivity contribution in [3.8, 4) is 0 Å². The predicted molar refractivity (Wildman–Crippen MR) is 49.3 cm³/mol. The molecule has 2 heteroatoms. The number of rotatable bonds is 3. The summed E-state index contributed by atoms with van der Waals surface area (Å²) in [4.78, 5) is 0. The van der Waals surface area contributed by atoms with Crippen LogP contribution in [-0.4, -0.2) is 6.16 Å². The number of hydrogen-bond acceptors (Lipinski definition) is 1. The summed E-state index contributed by atoms with van der Waals surface area (Å²) in [5, 5.41) is 0. The molecule has 0 radical (unpaired) electrons. The molecule has 0 N–H and O–H groups in total. The smallest absolute Gasteiger partial charge is 0.00390 e. The molecular formula is C8H9PS. The van der Waals surface area contributed by atoms with Gasteiger partial charge in [-0.05, 0) is 19.3 Å². The summed E-state index contributed by atoms with van der Waals surface area (Å²) in [5.74, 6) is 0. The Morgan fingerprint density at radius 2 is 1.90 bits per heavy atom. The molecule has 10 heavy (non-hydrogen) atoms. The van der Waals surface area contributed by atoms with Gasteiger partial charge in [-0.2, -0.15) is 0 Å². The SMILES string of the molecule is S=PCCc1ccccc1. The van der Waals surface area contributed by atoms with Crippen molar-refractivity contribution >= 4 is 19.2 Å². The molecule has 0 aliphatic carbocycles. The van der Waals surface area contributed by atoms with Crippen molar-refractivity contribution in [2.24, 2.45) is 0 Å². The summed E-state index contributed by atoms with van der Waals surface area (Å²) in [6.07, 6.45) is 2.21. The Morgan fingerprint density at radius 3 is 2.50 bits per heavy atom. The third-order valence-corrected chi connectivity index (χ3v) is 2.29. The Kier molecular flexibility index (Phi) is 3.56. The molecule has 0 atom stereocenters. The molecule has 0 saturated heterocycles. The molecule has 0 heterocycles. The van der Waals surface area contributed by atoms with Crippen LogP contribution in [0.3, 0.4) is 0 Å². The van der Waals surface area contributed by atoms with Gasteiger partial charge in [0.2, 0.25) is 0 Å². The molecule has 1 aromatic carbocycles. The average Bonchev–Trinajstić information content (AvgIpc) is 2.03. The molecule has 0 aliphatic rings. The number of aryl methyl sites for hydroxylation is 1. The van der Waals surface area contributed by atoms with Crippen molar-refractivity contribution in [2.45, 2.75) is 6.42 Å². The van der Waals surface area contributed by atoms with Gasteiger partial charge in [-0.1, -0.05) is 42.1 Å². The second-order valence-electron chi connectivity index (χ2n) is 2.09. The lowest BCUT2D eigenvalue weighted by Crippen LogP contribution is -1.82. The molecule has 0 spiro atoms. The lowest BCUT2D eigenvalue weighted by molar-refractivity contribution is 1.16. The van der Waals surface area contributed by atoms with Gasteiger partial charge < -0.3 is 0 Å². The molecule has 52 valence electrons. The van der Waals surface area contributed by atoms with Gasteiger partial charge in [0.25, 0.3) is 0 Å². The predicted octanol–water partition coefficient (Wildman–Crippen LogP) is 2.64. The molecule has 0 aromatic heterocycles. The van der Waals surface area contributed by atoms with Gasteiger partial charge in [0.15, 0.2) is 0 Å². The van der Waals surface area contributed by atoms with Crippen molar-refractivity contribution in [3.05, 3.63) is 35.9 Å². The zero-order chi connectivity index (χ0) is 7.23. The van der Waals surface area contributed by atoms with Crippen LogP contribution in [0, 0.1) is 0 Å². The third kappa shape index (κ3) is 2.55. The minimum absolute atomic E-state index is 1.07. The van der Waals surface area contributed by atoms with Crippen LogP contribution >= 0.6 is 7.36 Å². The van der Waals surface area contributed by atoms with Crippen molar-refractivity contribution < 1.29 is 0 Å². The van der Waals surface area contributed by atoms with Crippen LogP contribution in [0.4, 0.5) is 0 Å². The first-order valence-electron chi connectivity index (χ1n) is 3.26. The van der Waals surface area contributed by atoms with Gasteiger partial charge in [0.05, 0.1) is 0 Å². The van der Waals surface area contributed by atoms with E-state index in [0.29, 0.717) is 0 Å². The van der Waals surface area contributed by atoms with E-state index in [0.717, 1.165) is 19.9 Å². The number of benzene rings is 1. The first kappa shape index (κ1) is 7.84. The lowest BCUT2D eigenvalue weighted by Gasteiger charge is -1.93. The van der Waals surface area contributed by atoms with Gasteiger partial charge in [0.1, 0.15) is 0 Å². The van der Waals surface area contributed by atoms with Crippen LogP contribution in [0.1, 0.15) is 5.56 Å². The second kappa shape index (κ2) is 4.54. The fourth-order valence-electron chi connectivity index (χ4n) is 0.819. The van der Waals surface area contributed by atoms with E-state index in [4.69, 9.17) is 11.8 Å². The van der Waals surface area contributed by atoms with Crippen LogP contribution in [0.15, 0.2) is 30.3 Å². The summed E-state index contributed by atoms with van der Waals surface area (Å²) in [7, 11) is 1.07. The Morgan fingerprint density at radius 1 is 1.20 bits per heavy atom. The minimum atomic E-state index is 1.07. The molecule has 0 saturated carbocycles. The minimum Gasteiger partial charge on any atom is -0.0622 e. The quantitative estimate of drug-likeness (QED) is 0.625. The van der Waals surface area contributed by atoms with E-state index >= 15 is 0 Å². The fourth-order valence-corrected chi connectivity index (χ4v) is 1.44. The summed E-state index contributed by atoms with van der Waals surface area (Å²) >= 11 is 4.82. The highest BCUT2D eigenvalue weighted by atomic mass is 32.4. The summed E-state index contributed by atoms with van der Waals surface area (Å²) in [6.45, 7) is 0. The summed E-state index contributed by atoms with van der Waals surface area (Å²) < 4.78 is 0.